The van der Waals surface area contributed by atoms with Gasteiger partial charge in [0.2, 0.25) is 5.41 Å². The maximum atomic E-state index is 9.87. The van der Waals surface area contributed by atoms with Crippen LogP contribution in [0.4, 0.5) is 0 Å². The molecular weight excluding hydrogens is 316 g/mol. The Balaban J connectivity index is 3.67. The Kier molecular flexibility index (Phi) is 4.77. The van der Waals surface area contributed by atoms with Crippen molar-refractivity contribution >= 4 is 8.32 Å². The summed E-state index contributed by atoms with van der Waals surface area (Å²) >= 11 is 0. The summed E-state index contributed by atoms with van der Waals surface area (Å²) in [7, 11) is -2.32. The van der Waals surface area contributed by atoms with Gasteiger partial charge in [0.15, 0.2) is 13.7 Å². The van der Waals surface area contributed by atoms with Crippen LogP contribution in [0.25, 0.3) is 0 Å². The Bertz CT molecular complexity index is 689. The van der Waals surface area contributed by atoms with E-state index in [1.165, 1.54) is 0 Å². The Hall–Kier alpha value is -2.12. The van der Waals surface area contributed by atoms with Gasteiger partial charge in [-0.3, -0.25) is 0 Å². The highest BCUT2D eigenvalue weighted by atomic mass is 28.4. The van der Waals surface area contributed by atoms with Crippen LogP contribution in [0.3, 0.4) is 0 Å². The first kappa shape index (κ1) is 19.9. The second-order valence-electron chi connectivity index (χ2n) is 8.38. The number of hydrogen-bond donors (Lipinski definition) is 0. The van der Waals surface area contributed by atoms with Gasteiger partial charge in [-0.05, 0) is 18.1 Å². The van der Waals surface area contributed by atoms with Gasteiger partial charge in [0.25, 0.3) is 0 Å². The third kappa shape index (κ3) is 2.44. The molecule has 1 unspecified atom stereocenters. The minimum Gasteiger partial charge on any atom is -0.408 e. The van der Waals surface area contributed by atoms with Crippen LogP contribution in [0.5, 0.6) is 0 Å². The molecule has 0 spiro atoms. The molecule has 5 nitrogen and oxygen atoms in total. The molecule has 1 aliphatic carbocycles. The quantitative estimate of drug-likeness (QED) is 0.557. The van der Waals surface area contributed by atoms with Crippen molar-refractivity contribution in [2.45, 2.75) is 58.9 Å². The molecule has 1 aliphatic rings. The molecular formula is C18H24N4OSi. The molecule has 0 aromatic rings. The molecule has 1 rings (SSSR count). The Labute approximate surface area is 145 Å². The lowest BCUT2D eigenvalue weighted by Crippen LogP contribution is -2.59. The first-order chi connectivity index (χ1) is 10.8. The predicted octanol–water partition coefficient (Wildman–Crippen LogP) is 4.04. The molecule has 0 radical (unpaired) electrons. The lowest BCUT2D eigenvalue weighted by molar-refractivity contribution is 0.0335. The van der Waals surface area contributed by atoms with E-state index in [4.69, 9.17) is 4.43 Å². The van der Waals surface area contributed by atoms with Crippen LogP contribution in [-0.4, -0.2) is 14.4 Å². The largest absolute Gasteiger partial charge is 0.408 e. The zero-order chi connectivity index (χ0) is 19.0. The van der Waals surface area contributed by atoms with Gasteiger partial charge in [0, 0.05) is 5.41 Å². The summed E-state index contributed by atoms with van der Waals surface area (Å²) in [5.74, 6) is 0. The number of nitriles is 4. The molecule has 0 N–H and O–H groups in total. The average Bonchev–Trinajstić information content (AvgIpc) is 2.47. The SMILES string of the molecule is CC1(C)C=CC(O[Si](C)(C)C(C)(C)C)C(C#N)(C#N)C1(C#N)C#N. The summed E-state index contributed by atoms with van der Waals surface area (Å²) in [4.78, 5) is 0. The van der Waals surface area contributed by atoms with Crippen LogP contribution in [0.1, 0.15) is 34.6 Å². The van der Waals surface area contributed by atoms with Gasteiger partial charge in [0.1, 0.15) is 0 Å². The van der Waals surface area contributed by atoms with Gasteiger partial charge in [-0.2, -0.15) is 21.0 Å². The maximum absolute atomic E-state index is 9.87. The highest BCUT2D eigenvalue weighted by molar-refractivity contribution is 6.74. The van der Waals surface area contributed by atoms with Crippen molar-refractivity contribution in [2.24, 2.45) is 16.2 Å². The molecule has 0 saturated carbocycles. The number of allylic oxidation sites excluding steroid dienone is 1. The maximum Gasteiger partial charge on any atom is 0.204 e. The summed E-state index contributed by atoms with van der Waals surface area (Å²) in [5, 5.41) is 39.2. The van der Waals surface area contributed by atoms with Crippen molar-refractivity contribution in [3.8, 4) is 24.3 Å². The summed E-state index contributed by atoms with van der Waals surface area (Å²) in [6.45, 7) is 13.6. The first-order valence-electron chi connectivity index (χ1n) is 7.83. The molecule has 126 valence electrons. The number of hydrogen-bond acceptors (Lipinski definition) is 5. The van der Waals surface area contributed by atoms with Crippen molar-refractivity contribution in [3.05, 3.63) is 12.2 Å². The van der Waals surface area contributed by atoms with E-state index in [-0.39, 0.29) is 5.04 Å². The van der Waals surface area contributed by atoms with Gasteiger partial charge in [-0.1, -0.05) is 46.8 Å². The summed E-state index contributed by atoms with van der Waals surface area (Å²) in [6.07, 6.45) is 2.49. The third-order valence-electron chi connectivity index (χ3n) is 5.59. The average molecular weight is 341 g/mol. The van der Waals surface area contributed by atoms with Gasteiger partial charge >= 0.3 is 0 Å². The molecule has 0 heterocycles. The van der Waals surface area contributed by atoms with Crippen molar-refractivity contribution in [1.29, 1.82) is 21.0 Å². The third-order valence-corrected chi connectivity index (χ3v) is 10.0. The molecule has 0 fully saturated rings. The molecule has 0 amide bonds. The minimum atomic E-state index is -2.32. The van der Waals surface area contributed by atoms with Gasteiger partial charge < -0.3 is 4.43 Å². The van der Waals surface area contributed by atoms with E-state index >= 15 is 0 Å². The molecule has 0 aromatic heterocycles. The second kappa shape index (κ2) is 5.75. The molecule has 0 aromatic carbocycles. The fourth-order valence-electron chi connectivity index (χ4n) is 2.75. The van der Waals surface area contributed by atoms with Crippen LogP contribution >= 0.6 is 0 Å². The molecule has 0 aliphatic heterocycles. The van der Waals surface area contributed by atoms with Crippen molar-refractivity contribution in [1.82, 2.24) is 0 Å². The number of nitrogens with zero attached hydrogens (tertiary/aromatic N) is 4. The summed E-state index contributed by atoms with van der Waals surface area (Å²) in [5.41, 5.74) is -4.65. The smallest absolute Gasteiger partial charge is 0.204 e. The van der Waals surface area contributed by atoms with E-state index in [2.05, 4.69) is 20.8 Å². The molecule has 6 heteroatoms. The van der Waals surface area contributed by atoms with Crippen LogP contribution in [0.15, 0.2) is 12.2 Å². The normalized spacial score (nSPS) is 24.0. The van der Waals surface area contributed by atoms with E-state index < -0.39 is 30.7 Å². The Morgan fingerprint density at radius 3 is 1.75 bits per heavy atom. The molecule has 0 saturated heterocycles. The van der Waals surface area contributed by atoms with Gasteiger partial charge in [-0.25, -0.2) is 0 Å². The fraction of sp³-hybridized carbons (Fsp3) is 0.667. The molecule has 24 heavy (non-hydrogen) atoms. The Morgan fingerprint density at radius 2 is 1.42 bits per heavy atom. The van der Waals surface area contributed by atoms with E-state index in [9.17, 15) is 21.0 Å². The zero-order valence-electron chi connectivity index (χ0n) is 15.4. The highest BCUT2D eigenvalue weighted by Gasteiger charge is 2.68. The topological polar surface area (TPSA) is 104 Å². The second-order valence-corrected chi connectivity index (χ2v) is 13.1. The molecule has 1 atom stereocenters. The van der Waals surface area contributed by atoms with E-state index in [1.54, 1.807) is 26.0 Å². The van der Waals surface area contributed by atoms with Gasteiger partial charge in [-0.15, -0.1) is 0 Å². The van der Waals surface area contributed by atoms with Crippen molar-refractivity contribution < 1.29 is 4.43 Å². The van der Waals surface area contributed by atoms with Crippen LogP contribution < -0.4 is 0 Å². The monoisotopic (exact) mass is 340 g/mol. The van der Waals surface area contributed by atoms with Crippen LogP contribution in [0, 0.1) is 61.6 Å². The number of rotatable bonds is 2. The lowest BCUT2D eigenvalue weighted by Gasteiger charge is -2.50. The van der Waals surface area contributed by atoms with E-state index in [0.717, 1.165) is 0 Å². The summed E-state index contributed by atoms with van der Waals surface area (Å²) in [6, 6.07) is 7.92. The minimum absolute atomic E-state index is 0.133. The summed E-state index contributed by atoms with van der Waals surface area (Å²) < 4.78 is 6.30. The van der Waals surface area contributed by atoms with Crippen molar-refractivity contribution in [3.63, 3.8) is 0 Å². The standard InChI is InChI=1S/C18H24N4OSi/c1-15(2,3)24(6,7)23-14-8-9-16(4,5)18(12-21,13-22)17(14,10-19)11-20/h8-9,14H,1-7H3. The van der Waals surface area contributed by atoms with E-state index in [0.29, 0.717) is 0 Å². The highest BCUT2D eigenvalue weighted by Crippen LogP contribution is 2.58. The van der Waals surface area contributed by atoms with E-state index in [1.807, 2.05) is 37.4 Å². The molecule has 0 bridgehead atoms. The first-order valence-corrected chi connectivity index (χ1v) is 10.7. The van der Waals surface area contributed by atoms with Crippen LogP contribution in [0.2, 0.25) is 18.1 Å². The van der Waals surface area contributed by atoms with Crippen molar-refractivity contribution in [2.75, 3.05) is 0 Å². The Morgan fingerprint density at radius 1 is 0.958 bits per heavy atom. The predicted molar refractivity (Wildman–Crippen MR) is 92.3 cm³/mol. The van der Waals surface area contributed by atoms with Gasteiger partial charge in [0.05, 0.1) is 30.4 Å². The van der Waals surface area contributed by atoms with Crippen LogP contribution in [-0.2, 0) is 4.43 Å². The lowest BCUT2D eigenvalue weighted by atomic mass is 9.49. The fourth-order valence-corrected chi connectivity index (χ4v) is 3.99. The zero-order valence-corrected chi connectivity index (χ0v) is 16.4.